The summed E-state index contributed by atoms with van der Waals surface area (Å²) in [5, 5.41) is 2.53. The average Bonchev–Trinajstić information content (AvgIpc) is 2.90. The summed E-state index contributed by atoms with van der Waals surface area (Å²) in [4.78, 5) is 45.7. The third-order valence-electron chi connectivity index (χ3n) is 5.90. The van der Waals surface area contributed by atoms with E-state index in [0.29, 0.717) is 0 Å². The molecule has 4 amide bonds. The van der Waals surface area contributed by atoms with Crippen LogP contribution < -0.4 is 20.7 Å². The van der Waals surface area contributed by atoms with E-state index in [1.165, 1.54) is 41.4 Å². The van der Waals surface area contributed by atoms with Crippen LogP contribution in [0.4, 0.5) is 30.8 Å². The fourth-order valence-electron chi connectivity index (χ4n) is 3.91. The summed E-state index contributed by atoms with van der Waals surface area (Å²) in [6.45, 7) is 3.71. The number of carbonyl (C=O) groups excluding carboxylic acids is 3. The maximum atomic E-state index is 14.8. The van der Waals surface area contributed by atoms with E-state index < -0.39 is 35.4 Å². The molecule has 1 unspecified atom stereocenters. The molecule has 4 rings (SSSR count). The van der Waals surface area contributed by atoms with Crippen LogP contribution in [-0.4, -0.2) is 53.5 Å². The molecule has 3 aromatic rings. The second-order valence-electron chi connectivity index (χ2n) is 9.10. The molecule has 2 aromatic carbocycles. The number of carbonyl (C=O) groups is 3. The van der Waals surface area contributed by atoms with Crippen molar-refractivity contribution in [2.45, 2.75) is 20.0 Å². The lowest BCUT2D eigenvalue weighted by molar-refractivity contribution is -0.132. The standard InChI is InChI=1S/C27H26ClF2N5O5/c1-15(2)39-12-11-34-14-19(26(37)35(27(34)38)18-6-3-16(29)4-7-18)25(36)33-17-5-8-21(20(30)13-17)40-22-9-10-32-24(31)23(22)28/h3-10,13,15,19H,11-12,14H2,1-2H3,(H2,31,32)(H,33,36). The first-order valence-electron chi connectivity index (χ1n) is 12.2. The molecular formula is C27H26ClF2N5O5. The van der Waals surface area contributed by atoms with Gasteiger partial charge in [0.1, 0.15) is 22.6 Å². The van der Waals surface area contributed by atoms with E-state index in [2.05, 4.69) is 10.3 Å². The molecule has 1 aliphatic rings. The molecule has 1 fully saturated rings. The van der Waals surface area contributed by atoms with E-state index in [4.69, 9.17) is 26.8 Å². The van der Waals surface area contributed by atoms with Gasteiger partial charge in [0.15, 0.2) is 17.3 Å². The number of imide groups is 1. The molecule has 10 nitrogen and oxygen atoms in total. The molecule has 1 atom stereocenters. The van der Waals surface area contributed by atoms with E-state index in [1.54, 1.807) is 0 Å². The number of urea groups is 1. The van der Waals surface area contributed by atoms with E-state index in [9.17, 15) is 23.2 Å². The lowest BCUT2D eigenvalue weighted by Crippen LogP contribution is -2.60. The molecule has 0 saturated carbocycles. The van der Waals surface area contributed by atoms with Crippen LogP contribution in [0.3, 0.4) is 0 Å². The molecule has 0 spiro atoms. The average molecular weight is 574 g/mol. The van der Waals surface area contributed by atoms with Gasteiger partial charge in [0, 0.05) is 37.1 Å². The Kier molecular flexibility index (Phi) is 8.80. The van der Waals surface area contributed by atoms with Gasteiger partial charge in [-0.3, -0.25) is 9.59 Å². The zero-order valence-corrected chi connectivity index (χ0v) is 22.3. The van der Waals surface area contributed by atoms with Crippen molar-refractivity contribution >= 4 is 46.6 Å². The lowest BCUT2D eigenvalue weighted by Gasteiger charge is -2.38. The van der Waals surface area contributed by atoms with Gasteiger partial charge in [0.2, 0.25) is 11.8 Å². The topological polar surface area (TPSA) is 127 Å². The van der Waals surface area contributed by atoms with Crippen LogP contribution in [-0.2, 0) is 14.3 Å². The highest BCUT2D eigenvalue weighted by Crippen LogP contribution is 2.34. The number of halogens is 3. The van der Waals surface area contributed by atoms with Crippen molar-refractivity contribution in [1.29, 1.82) is 0 Å². The third kappa shape index (κ3) is 6.46. The Morgan fingerprint density at radius 3 is 2.55 bits per heavy atom. The highest BCUT2D eigenvalue weighted by molar-refractivity contribution is 6.34. The van der Waals surface area contributed by atoms with Crippen LogP contribution in [0.1, 0.15) is 13.8 Å². The molecule has 1 aliphatic heterocycles. The molecule has 13 heteroatoms. The Hall–Kier alpha value is -4.29. The molecule has 0 bridgehead atoms. The Balaban J connectivity index is 1.53. The number of hydrogen-bond donors (Lipinski definition) is 2. The van der Waals surface area contributed by atoms with E-state index in [1.807, 2.05) is 13.8 Å². The molecule has 0 aliphatic carbocycles. The highest BCUT2D eigenvalue weighted by atomic mass is 35.5. The van der Waals surface area contributed by atoms with Crippen LogP contribution >= 0.6 is 11.6 Å². The Bertz CT molecular complexity index is 1420. The monoisotopic (exact) mass is 573 g/mol. The number of ether oxygens (including phenoxy) is 2. The molecular weight excluding hydrogens is 548 g/mol. The predicted molar refractivity (Wildman–Crippen MR) is 144 cm³/mol. The number of nitrogens with two attached hydrogens (primary N) is 1. The van der Waals surface area contributed by atoms with Crippen molar-refractivity contribution in [1.82, 2.24) is 9.88 Å². The van der Waals surface area contributed by atoms with Crippen molar-refractivity contribution in [2.24, 2.45) is 5.92 Å². The molecule has 1 saturated heterocycles. The molecule has 40 heavy (non-hydrogen) atoms. The molecule has 0 radical (unpaired) electrons. The lowest BCUT2D eigenvalue weighted by atomic mass is 10.0. The van der Waals surface area contributed by atoms with Gasteiger partial charge in [0.25, 0.3) is 0 Å². The Morgan fingerprint density at radius 2 is 1.88 bits per heavy atom. The van der Waals surface area contributed by atoms with Crippen molar-refractivity contribution in [3.05, 3.63) is 71.4 Å². The number of amides is 4. The van der Waals surface area contributed by atoms with Crippen molar-refractivity contribution in [3.8, 4) is 11.5 Å². The smallest absolute Gasteiger partial charge is 0.331 e. The zero-order valence-electron chi connectivity index (χ0n) is 21.6. The van der Waals surface area contributed by atoms with Gasteiger partial charge in [-0.1, -0.05) is 11.6 Å². The van der Waals surface area contributed by atoms with Crippen LogP contribution in [0.25, 0.3) is 0 Å². The Morgan fingerprint density at radius 1 is 1.15 bits per heavy atom. The van der Waals surface area contributed by atoms with Crippen LogP contribution in [0, 0.1) is 17.6 Å². The largest absolute Gasteiger partial charge is 0.453 e. The normalized spacial score (nSPS) is 15.5. The number of nitrogens with zero attached hydrogens (tertiary/aromatic N) is 3. The summed E-state index contributed by atoms with van der Waals surface area (Å²) in [7, 11) is 0. The van der Waals surface area contributed by atoms with Gasteiger partial charge >= 0.3 is 6.03 Å². The second kappa shape index (κ2) is 12.3. The van der Waals surface area contributed by atoms with Gasteiger partial charge in [-0.05, 0) is 50.2 Å². The fraction of sp³-hybridized carbons (Fsp3) is 0.259. The number of nitrogen functional groups attached to an aromatic ring is 1. The summed E-state index contributed by atoms with van der Waals surface area (Å²) in [5.74, 6) is -4.37. The molecule has 2 heterocycles. The number of aromatic nitrogens is 1. The van der Waals surface area contributed by atoms with E-state index >= 15 is 0 Å². The van der Waals surface area contributed by atoms with Crippen molar-refractivity contribution in [3.63, 3.8) is 0 Å². The molecule has 3 N–H and O–H groups in total. The highest BCUT2D eigenvalue weighted by Gasteiger charge is 2.43. The summed E-state index contributed by atoms with van der Waals surface area (Å²) < 4.78 is 39.3. The quantitative estimate of drug-likeness (QED) is 0.351. The summed E-state index contributed by atoms with van der Waals surface area (Å²) in [5.41, 5.74) is 5.79. The summed E-state index contributed by atoms with van der Waals surface area (Å²) in [6.07, 6.45) is 1.25. The molecule has 210 valence electrons. The Labute approximate surface area is 233 Å². The second-order valence-corrected chi connectivity index (χ2v) is 9.47. The maximum absolute atomic E-state index is 14.8. The van der Waals surface area contributed by atoms with E-state index in [-0.39, 0.29) is 59.5 Å². The van der Waals surface area contributed by atoms with Crippen LogP contribution in [0.15, 0.2) is 54.7 Å². The van der Waals surface area contributed by atoms with E-state index in [0.717, 1.165) is 23.1 Å². The number of pyridine rings is 1. The van der Waals surface area contributed by atoms with Gasteiger partial charge in [-0.2, -0.15) is 0 Å². The first-order valence-corrected chi connectivity index (χ1v) is 12.6. The number of hydrogen-bond acceptors (Lipinski definition) is 7. The molecule has 1 aromatic heterocycles. The first kappa shape index (κ1) is 28.7. The van der Waals surface area contributed by atoms with Crippen molar-refractivity contribution in [2.75, 3.05) is 35.6 Å². The SMILES string of the molecule is CC(C)OCCN1CC(C(=O)Nc2ccc(Oc3ccnc(N)c3Cl)c(F)c2)C(=O)N(c2ccc(F)cc2)C1=O. The van der Waals surface area contributed by atoms with Gasteiger partial charge in [-0.25, -0.2) is 23.5 Å². The number of nitrogens with one attached hydrogen (secondary N) is 1. The minimum Gasteiger partial charge on any atom is -0.453 e. The first-order chi connectivity index (χ1) is 19.0. The third-order valence-corrected chi connectivity index (χ3v) is 6.28. The van der Waals surface area contributed by atoms with Crippen LogP contribution in [0.5, 0.6) is 11.5 Å². The number of benzene rings is 2. The van der Waals surface area contributed by atoms with Gasteiger partial charge < -0.3 is 25.4 Å². The van der Waals surface area contributed by atoms with Gasteiger partial charge in [-0.15, -0.1) is 0 Å². The summed E-state index contributed by atoms with van der Waals surface area (Å²) >= 11 is 6.05. The predicted octanol–water partition coefficient (Wildman–Crippen LogP) is 4.84. The van der Waals surface area contributed by atoms with Crippen LogP contribution in [0.2, 0.25) is 5.02 Å². The fourth-order valence-corrected chi connectivity index (χ4v) is 4.06. The maximum Gasteiger partial charge on any atom is 0.331 e. The van der Waals surface area contributed by atoms with Gasteiger partial charge in [0.05, 0.1) is 18.4 Å². The number of rotatable bonds is 9. The van der Waals surface area contributed by atoms with Crippen molar-refractivity contribution < 1.29 is 32.6 Å². The minimum absolute atomic E-state index is 0.0126. The minimum atomic E-state index is -1.33. The number of anilines is 3. The summed E-state index contributed by atoms with van der Waals surface area (Å²) in [6, 6.07) is 9.14. The zero-order chi connectivity index (χ0) is 29.0.